The van der Waals surface area contributed by atoms with Gasteiger partial charge in [0.2, 0.25) is 10.0 Å². The summed E-state index contributed by atoms with van der Waals surface area (Å²) in [5.74, 6) is 1.25. The van der Waals surface area contributed by atoms with Crippen LogP contribution in [-0.4, -0.2) is 67.3 Å². The molecule has 8 heteroatoms. The molecule has 1 aliphatic heterocycles. The van der Waals surface area contributed by atoms with Gasteiger partial charge in [0.25, 0.3) is 0 Å². The lowest BCUT2D eigenvalue weighted by atomic mass is 10.1. The molecule has 0 radical (unpaired) electrons. The Morgan fingerprint density at radius 2 is 1.79 bits per heavy atom. The monoisotopic (exact) mass is 356 g/mol. The van der Waals surface area contributed by atoms with Crippen LogP contribution in [0.25, 0.3) is 0 Å². The molecule has 1 aliphatic rings. The minimum absolute atomic E-state index is 0.0379. The molecule has 0 atom stereocenters. The number of aromatic nitrogens is 2. The van der Waals surface area contributed by atoms with E-state index in [0.29, 0.717) is 32.1 Å². The molecule has 2 rings (SSSR count). The van der Waals surface area contributed by atoms with Gasteiger partial charge in [-0.25, -0.2) is 18.4 Å². The first kappa shape index (κ1) is 19.1. The number of anilines is 1. The molecule has 0 spiro atoms. The smallest absolute Gasteiger partial charge is 0.216 e. The summed E-state index contributed by atoms with van der Waals surface area (Å²) in [5.41, 5.74) is 1.00. The number of nitrogens with zero attached hydrogens (tertiary/aromatic N) is 4. The Kier molecular flexibility index (Phi) is 6.54. The van der Waals surface area contributed by atoms with E-state index in [-0.39, 0.29) is 18.5 Å². The van der Waals surface area contributed by atoms with Gasteiger partial charge in [-0.1, -0.05) is 13.8 Å². The molecule has 2 heterocycles. The van der Waals surface area contributed by atoms with Crippen LogP contribution in [0.4, 0.5) is 5.82 Å². The Bertz CT molecular complexity index is 626. The summed E-state index contributed by atoms with van der Waals surface area (Å²) in [6.45, 7) is 10.5. The normalized spacial score (nSPS) is 17.0. The standard InChI is InChI=1S/C16H28N4O3S/c1-13(2)15-11-16(18-12-17-15)19-5-7-20(8-6-19)24(21,22)10-9-23-14(3)4/h11-14H,5-10H2,1-4H3. The summed E-state index contributed by atoms with van der Waals surface area (Å²) >= 11 is 0. The van der Waals surface area contributed by atoms with Crippen LogP contribution >= 0.6 is 0 Å². The van der Waals surface area contributed by atoms with Crippen molar-refractivity contribution in [1.82, 2.24) is 14.3 Å². The molecule has 0 aliphatic carbocycles. The minimum Gasteiger partial charge on any atom is -0.378 e. The Labute approximate surface area is 145 Å². The van der Waals surface area contributed by atoms with Crippen LogP contribution in [0.5, 0.6) is 0 Å². The van der Waals surface area contributed by atoms with Gasteiger partial charge >= 0.3 is 0 Å². The van der Waals surface area contributed by atoms with E-state index in [1.165, 1.54) is 0 Å². The molecule has 0 N–H and O–H groups in total. The summed E-state index contributed by atoms with van der Waals surface area (Å²) in [7, 11) is -3.26. The zero-order valence-electron chi connectivity index (χ0n) is 15.0. The molecule has 136 valence electrons. The Morgan fingerprint density at radius 3 is 2.38 bits per heavy atom. The average molecular weight is 356 g/mol. The van der Waals surface area contributed by atoms with Gasteiger partial charge in [-0.3, -0.25) is 0 Å². The molecule has 0 unspecified atom stereocenters. The fourth-order valence-corrected chi connectivity index (χ4v) is 3.85. The zero-order chi connectivity index (χ0) is 17.7. The van der Waals surface area contributed by atoms with Gasteiger partial charge < -0.3 is 9.64 Å². The number of rotatable bonds is 7. The number of piperazine rings is 1. The molecule has 1 aromatic heterocycles. The van der Waals surface area contributed by atoms with E-state index < -0.39 is 10.0 Å². The first-order valence-electron chi connectivity index (χ1n) is 8.46. The van der Waals surface area contributed by atoms with Crippen LogP contribution in [0.15, 0.2) is 12.4 Å². The molecular weight excluding hydrogens is 328 g/mol. The highest BCUT2D eigenvalue weighted by atomic mass is 32.2. The molecule has 24 heavy (non-hydrogen) atoms. The fourth-order valence-electron chi connectivity index (χ4n) is 2.56. The van der Waals surface area contributed by atoms with E-state index in [2.05, 4.69) is 28.7 Å². The Hall–Kier alpha value is -1.25. The van der Waals surface area contributed by atoms with Crippen molar-refractivity contribution in [1.29, 1.82) is 0 Å². The lowest BCUT2D eigenvalue weighted by Gasteiger charge is -2.34. The van der Waals surface area contributed by atoms with Crippen LogP contribution in [0.2, 0.25) is 0 Å². The highest BCUT2D eigenvalue weighted by Crippen LogP contribution is 2.19. The largest absolute Gasteiger partial charge is 0.378 e. The van der Waals surface area contributed by atoms with Crippen LogP contribution in [0.3, 0.4) is 0 Å². The molecule has 1 aromatic rings. The number of sulfonamides is 1. The van der Waals surface area contributed by atoms with Gasteiger partial charge in [0.15, 0.2) is 0 Å². The summed E-state index contributed by atoms with van der Waals surface area (Å²) in [5, 5.41) is 0. The predicted molar refractivity (Wildman–Crippen MR) is 94.8 cm³/mol. The lowest BCUT2D eigenvalue weighted by Crippen LogP contribution is -2.50. The number of hydrogen-bond acceptors (Lipinski definition) is 6. The number of hydrogen-bond donors (Lipinski definition) is 0. The Morgan fingerprint density at radius 1 is 1.12 bits per heavy atom. The number of ether oxygens (including phenoxy) is 1. The molecule has 0 saturated carbocycles. The second-order valence-corrected chi connectivity index (χ2v) is 8.67. The maximum absolute atomic E-state index is 12.4. The van der Waals surface area contributed by atoms with E-state index in [4.69, 9.17) is 4.74 Å². The van der Waals surface area contributed by atoms with E-state index in [1.807, 2.05) is 19.9 Å². The summed E-state index contributed by atoms with van der Waals surface area (Å²) < 4.78 is 31.6. The molecule has 0 amide bonds. The second kappa shape index (κ2) is 8.22. The van der Waals surface area contributed by atoms with E-state index in [9.17, 15) is 8.42 Å². The van der Waals surface area contributed by atoms with Crippen LogP contribution in [-0.2, 0) is 14.8 Å². The molecule has 1 saturated heterocycles. The van der Waals surface area contributed by atoms with Gasteiger partial charge in [-0.05, 0) is 19.8 Å². The second-order valence-electron chi connectivity index (χ2n) is 6.58. The Balaban J connectivity index is 1.92. The topological polar surface area (TPSA) is 75.6 Å². The SMILES string of the molecule is CC(C)OCCS(=O)(=O)N1CCN(c2cc(C(C)C)ncn2)CC1. The quantitative estimate of drug-likeness (QED) is 0.736. The minimum atomic E-state index is -3.26. The van der Waals surface area contributed by atoms with Crippen molar-refractivity contribution in [3.05, 3.63) is 18.1 Å². The third-order valence-corrected chi connectivity index (χ3v) is 5.85. The van der Waals surface area contributed by atoms with Gasteiger partial charge in [0.05, 0.1) is 18.5 Å². The highest BCUT2D eigenvalue weighted by molar-refractivity contribution is 7.89. The summed E-state index contributed by atoms with van der Waals surface area (Å²) in [6.07, 6.45) is 1.63. The van der Waals surface area contributed by atoms with Gasteiger partial charge in [0.1, 0.15) is 12.1 Å². The predicted octanol–water partition coefficient (Wildman–Crippen LogP) is 1.48. The van der Waals surface area contributed by atoms with Crippen molar-refractivity contribution in [3.8, 4) is 0 Å². The van der Waals surface area contributed by atoms with E-state index in [1.54, 1.807) is 10.6 Å². The maximum Gasteiger partial charge on any atom is 0.216 e. The third-order valence-electron chi connectivity index (χ3n) is 4.01. The van der Waals surface area contributed by atoms with Crippen LogP contribution in [0.1, 0.15) is 39.3 Å². The average Bonchev–Trinajstić information content (AvgIpc) is 2.54. The van der Waals surface area contributed by atoms with Crippen molar-refractivity contribution >= 4 is 15.8 Å². The van der Waals surface area contributed by atoms with E-state index in [0.717, 1.165) is 11.5 Å². The molecular formula is C16H28N4O3S. The fraction of sp³-hybridized carbons (Fsp3) is 0.750. The lowest BCUT2D eigenvalue weighted by molar-refractivity contribution is 0.0906. The summed E-state index contributed by atoms with van der Waals surface area (Å²) in [6, 6.07) is 1.99. The van der Waals surface area contributed by atoms with Crippen molar-refractivity contribution in [2.45, 2.75) is 39.7 Å². The van der Waals surface area contributed by atoms with Gasteiger partial charge in [-0.2, -0.15) is 4.31 Å². The van der Waals surface area contributed by atoms with Crippen molar-refractivity contribution < 1.29 is 13.2 Å². The molecule has 1 fully saturated rings. The molecule has 0 bridgehead atoms. The van der Waals surface area contributed by atoms with Crippen molar-refractivity contribution in [3.63, 3.8) is 0 Å². The van der Waals surface area contributed by atoms with E-state index >= 15 is 0 Å². The summed E-state index contributed by atoms with van der Waals surface area (Å²) in [4.78, 5) is 10.7. The zero-order valence-corrected chi connectivity index (χ0v) is 15.8. The van der Waals surface area contributed by atoms with Crippen molar-refractivity contribution in [2.75, 3.05) is 43.4 Å². The third kappa shape index (κ3) is 5.12. The van der Waals surface area contributed by atoms with Crippen LogP contribution in [0, 0.1) is 0 Å². The van der Waals surface area contributed by atoms with Crippen LogP contribution < -0.4 is 4.90 Å². The molecule has 0 aromatic carbocycles. The first-order chi connectivity index (χ1) is 11.3. The molecule has 7 nitrogen and oxygen atoms in total. The van der Waals surface area contributed by atoms with Gasteiger partial charge in [0, 0.05) is 37.9 Å². The maximum atomic E-state index is 12.4. The van der Waals surface area contributed by atoms with Gasteiger partial charge in [-0.15, -0.1) is 0 Å². The highest BCUT2D eigenvalue weighted by Gasteiger charge is 2.27. The van der Waals surface area contributed by atoms with Crippen molar-refractivity contribution in [2.24, 2.45) is 0 Å². The first-order valence-corrected chi connectivity index (χ1v) is 10.1.